The Bertz CT molecular complexity index is 807. The van der Waals surface area contributed by atoms with E-state index in [-0.39, 0.29) is 11.6 Å². The molecule has 24 heavy (non-hydrogen) atoms. The second-order valence-electron chi connectivity index (χ2n) is 4.98. The highest BCUT2D eigenvalue weighted by Gasteiger charge is 2.08. The lowest BCUT2D eigenvalue weighted by Crippen LogP contribution is -2.24. The highest BCUT2D eigenvalue weighted by Crippen LogP contribution is 2.17. The molecule has 120 valence electrons. The number of hydrogen-bond donors (Lipinski definition) is 2. The highest BCUT2D eigenvalue weighted by atomic mass is 79.9. The summed E-state index contributed by atoms with van der Waals surface area (Å²) in [6.45, 7) is 0.396. The van der Waals surface area contributed by atoms with Gasteiger partial charge in [-0.1, -0.05) is 22.0 Å². The third kappa shape index (κ3) is 4.36. The quantitative estimate of drug-likeness (QED) is 0.706. The molecule has 0 aliphatic carbocycles. The molecule has 1 amide bonds. The molecule has 6 nitrogen and oxygen atoms in total. The number of hydrogen-bond acceptors (Lipinski definition) is 5. The smallest absolute Gasteiger partial charge is 0.272 e. The zero-order valence-corrected chi connectivity index (χ0v) is 14.2. The summed E-state index contributed by atoms with van der Waals surface area (Å²) >= 11 is 3.38. The van der Waals surface area contributed by atoms with Crippen molar-refractivity contribution in [1.29, 1.82) is 0 Å². The molecule has 3 rings (SSSR count). The fraction of sp³-hybridized carbons (Fsp3) is 0.0588. The van der Waals surface area contributed by atoms with Gasteiger partial charge in [0.2, 0.25) is 0 Å². The van der Waals surface area contributed by atoms with E-state index in [1.807, 2.05) is 36.4 Å². The van der Waals surface area contributed by atoms with Crippen LogP contribution in [0.1, 0.15) is 16.1 Å². The van der Waals surface area contributed by atoms with E-state index in [0.29, 0.717) is 12.4 Å². The molecule has 0 bridgehead atoms. The normalized spacial score (nSPS) is 10.2. The Kier molecular flexibility index (Phi) is 5.12. The number of carbonyl (C=O) groups excluding carboxylic acids is 1. The van der Waals surface area contributed by atoms with Crippen molar-refractivity contribution >= 4 is 33.3 Å². The first-order chi connectivity index (χ1) is 11.7. The lowest BCUT2D eigenvalue weighted by atomic mass is 10.3. The van der Waals surface area contributed by atoms with Crippen LogP contribution in [0.5, 0.6) is 0 Å². The summed E-state index contributed by atoms with van der Waals surface area (Å²) in [7, 11) is 0. The number of carbonyl (C=O) groups is 1. The van der Waals surface area contributed by atoms with E-state index >= 15 is 0 Å². The van der Waals surface area contributed by atoms with Crippen LogP contribution in [0.25, 0.3) is 0 Å². The molecule has 0 radical (unpaired) electrons. The van der Waals surface area contributed by atoms with Crippen LogP contribution in [0.15, 0.2) is 65.4 Å². The van der Waals surface area contributed by atoms with Crippen LogP contribution in [0.2, 0.25) is 0 Å². The van der Waals surface area contributed by atoms with E-state index in [2.05, 4.69) is 41.7 Å². The van der Waals surface area contributed by atoms with Crippen molar-refractivity contribution in [1.82, 2.24) is 20.5 Å². The first-order valence-electron chi connectivity index (χ1n) is 7.24. The number of aromatic nitrogens is 3. The van der Waals surface area contributed by atoms with Gasteiger partial charge >= 0.3 is 0 Å². The van der Waals surface area contributed by atoms with Crippen molar-refractivity contribution in [2.24, 2.45) is 0 Å². The standard InChI is InChI=1S/C17H14BrN5O/c18-13-3-5-14(6-4-13)21-16-8-7-15(22-23-16)17(24)20-11-12-2-1-9-19-10-12/h1-10H,11H2,(H,20,24)(H,21,23). The van der Waals surface area contributed by atoms with Gasteiger partial charge in [0.05, 0.1) is 0 Å². The molecule has 7 heteroatoms. The summed E-state index contributed by atoms with van der Waals surface area (Å²) in [6, 6.07) is 14.8. The van der Waals surface area contributed by atoms with E-state index in [1.165, 1.54) is 0 Å². The molecule has 0 fully saturated rings. The molecule has 2 heterocycles. The number of pyridine rings is 1. The number of halogens is 1. The second-order valence-corrected chi connectivity index (χ2v) is 5.90. The molecule has 0 aliphatic rings. The van der Waals surface area contributed by atoms with Gasteiger partial charge < -0.3 is 10.6 Å². The molecule has 1 aromatic carbocycles. The van der Waals surface area contributed by atoms with Gasteiger partial charge in [-0.05, 0) is 48.0 Å². The molecule has 0 spiro atoms. The van der Waals surface area contributed by atoms with Crippen molar-refractivity contribution < 1.29 is 4.79 Å². The number of anilines is 2. The van der Waals surface area contributed by atoms with E-state index in [9.17, 15) is 4.79 Å². The summed E-state index contributed by atoms with van der Waals surface area (Å²) in [5, 5.41) is 13.9. The Morgan fingerprint density at radius 2 is 1.88 bits per heavy atom. The van der Waals surface area contributed by atoms with Gasteiger partial charge in [0, 0.05) is 29.1 Å². The second kappa shape index (κ2) is 7.65. The molecular weight excluding hydrogens is 370 g/mol. The van der Waals surface area contributed by atoms with Crippen LogP contribution in [-0.4, -0.2) is 21.1 Å². The Labute approximate surface area is 147 Å². The maximum atomic E-state index is 12.1. The summed E-state index contributed by atoms with van der Waals surface area (Å²) in [4.78, 5) is 16.1. The number of amides is 1. The minimum atomic E-state index is -0.276. The number of nitrogens with one attached hydrogen (secondary N) is 2. The highest BCUT2D eigenvalue weighted by molar-refractivity contribution is 9.10. The average molecular weight is 384 g/mol. The molecular formula is C17H14BrN5O. The largest absolute Gasteiger partial charge is 0.347 e. The Morgan fingerprint density at radius 1 is 1.04 bits per heavy atom. The van der Waals surface area contributed by atoms with Gasteiger partial charge in [-0.15, -0.1) is 10.2 Å². The van der Waals surface area contributed by atoms with E-state index < -0.39 is 0 Å². The predicted octanol–water partition coefficient (Wildman–Crippen LogP) is 3.31. The first kappa shape index (κ1) is 16.1. The van der Waals surface area contributed by atoms with Gasteiger partial charge in [-0.25, -0.2) is 0 Å². The van der Waals surface area contributed by atoms with Crippen molar-refractivity contribution in [2.75, 3.05) is 5.32 Å². The zero-order chi connectivity index (χ0) is 16.8. The third-order valence-electron chi connectivity index (χ3n) is 3.19. The van der Waals surface area contributed by atoms with Gasteiger partial charge in [0.25, 0.3) is 5.91 Å². The Balaban J connectivity index is 1.59. The molecule has 2 N–H and O–H groups in total. The molecule has 3 aromatic rings. The van der Waals surface area contributed by atoms with Crippen molar-refractivity contribution in [3.05, 3.63) is 76.7 Å². The maximum Gasteiger partial charge on any atom is 0.272 e. The first-order valence-corrected chi connectivity index (χ1v) is 8.03. The van der Waals surface area contributed by atoms with Crippen molar-refractivity contribution in [3.63, 3.8) is 0 Å². The number of benzene rings is 1. The number of rotatable bonds is 5. The summed E-state index contributed by atoms with van der Waals surface area (Å²) in [6.07, 6.45) is 3.39. The maximum absolute atomic E-state index is 12.1. The third-order valence-corrected chi connectivity index (χ3v) is 3.72. The molecule has 0 aliphatic heterocycles. The van der Waals surface area contributed by atoms with Gasteiger partial charge in [0.1, 0.15) is 0 Å². The molecule has 0 atom stereocenters. The van der Waals surface area contributed by atoms with Crippen LogP contribution >= 0.6 is 15.9 Å². The minimum Gasteiger partial charge on any atom is -0.347 e. The van der Waals surface area contributed by atoms with Gasteiger partial charge in [-0.3, -0.25) is 9.78 Å². The summed E-state index contributed by atoms with van der Waals surface area (Å²) in [5.74, 6) is 0.294. The van der Waals surface area contributed by atoms with E-state index in [0.717, 1.165) is 15.7 Å². The predicted molar refractivity (Wildman–Crippen MR) is 94.9 cm³/mol. The van der Waals surface area contributed by atoms with Crippen molar-refractivity contribution in [2.45, 2.75) is 6.54 Å². The van der Waals surface area contributed by atoms with Crippen LogP contribution in [0, 0.1) is 0 Å². The molecule has 0 saturated carbocycles. The van der Waals surface area contributed by atoms with Crippen LogP contribution in [0.3, 0.4) is 0 Å². The molecule has 0 unspecified atom stereocenters. The average Bonchev–Trinajstić information content (AvgIpc) is 2.63. The fourth-order valence-corrected chi connectivity index (χ4v) is 2.24. The summed E-state index contributed by atoms with van der Waals surface area (Å²) < 4.78 is 1.000. The monoisotopic (exact) mass is 383 g/mol. The molecule has 2 aromatic heterocycles. The van der Waals surface area contributed by atoms with E-state index in [4.69, 9.17) is 0 Å². The van der Waals surface area contributed by atoms with Gasteiger partial charge in [-0.2, -0.15) is 0 Å². The van der Waals surface area contributed by atoms with Crippen LogP contribution in [-0.2, 0) is 6.54 Å². The van der Waals surface area contributed by atoms with Crippen LogP contribution in [0.4, 0.5) is 11.5 Å². The summed E-state index contributed by atoms with van der Waals surface area (Å²) in [5.41, 5.74) is 2.08. The lowest BCUT2D eigenvalue weighted by molar-refractivity contribution is 0.0945. The topological polar surface area (TPSA) is 79.8 Å². The molecule has 0 saturated heterocycles. The van der Waals surface area contributed by atoms with Crippen molar-refractivity contribution in [3.8, 4) is 0 Å². The Morgan fingerprint density at radius 3 is 2.54 bits per heavy atom. The fourth-order valence-electron chi connectivity index (χ4n) is 1.98. The van der Waals surface area contributed by atoms with Gasteiger partial charge in [0.15, 0.2) is 11.5 Å². The lowest BCUT2D eigenvalue weighted by Gasteiger charge is -2.06. The Hall–Kier alpha value is -2.80. The zero-order valence-electron chi connectivity index (χ0n) is 12.6. The minimum absolute atomic E-state index is 0.264. The SMILES string of the molecule is O=C(NCc1cccnc1)c1ccc(Nc2ccc(Br)cc2)nn1. The van der Waals surface area contributed by atoms with E-state index in [1.54, 1.807) is 24.5 Å². The van der Waals surface area contributed by atoms with Crippen LogP contribution < -0.4 is 10.6 Å². The number of nitrogens with zero attached hydrogens (tertiary/aromatic N) is 3.